The molecule has 0 spiro atoms. The standard InChI is InChI=1S/C19H25N/c1-13(2)17-8-10-18(11-9-17)16(5)20-19-12-14(3)6-7-15(19)4/h6-13,16,20H,1-5H3. The summed E-state index contributed by atoms with van der Waals surface area (Å²) in [6.45, 7) is 11.0. The van der Waals surface area contributed by atoms with E-state index in [9.17, 15) is 0 Å². The largest absolute Gasteiger partial charge is 0.378 e. The number of nitrogens with one attached hydrogen (secondary N) is 1. The first-order valence-electron chi connectivity index (χ1n) is 7.41. The van der Waals surface area contributed by atoms with E-state index in [1.54, 1.807) is 0 Å². The van der Waals surface area contributed by atoms with E-state index in [0.29, 0.717) is 12.0 Å². The summed E-state index contributed by atoms with van der Waals surface area (Å²) < 4.78 is 0. The molecule has 1 nitrogen and oxygen atoms in total. The van der Waals surface area contributed by atoms with Gasteiger partial charge in [-0.2, -0.15) is 0 Å². The predicted octanol–water partition coefficient (Wildman–Crippen LogP) is 5.60. The van der Waals surface area contributed by atoms with Gasteiger partial charge in [0, 0.05) is 11.7 Å². The molecule has 1 N–H and O–H groups in total. The second-order valence-electron chi connectivity index (χ2n) is 6.01. The Morgan fingerprint density at radius 2 is 1.40 bits per heavy atom. The van der Waals surface area contributed by atoms with E-state index in [1.807, 2.05) is 0 Å². The number of hydrogen-bond donors (Lipinski definition) is 1. The zero-order valence-corrected chi connectivity index (χ0v) is 13.2. The Kier molecular flexibility index (Phi) is 4.49. The number of aryl methyl sites for hydroxylation is 2. The lowest BCUT2D eigenvalue weighted by Gasteiger charge is -2.18. The molecular formula is C19H25N. The van der Waals surface area contributed by atoms with Gasteiger partial charge in [0.25, 0.3) is 0 Å². The summed E-state index contributed by atoms with van der Waals surface area (Å²) in [4.78, 5) is 0. The summed E-state index contributed by atoms with van der Waals surface area (Å²) in [5.41, 5.74) is 6.54. The fraction of sp³-hybridized carbons (Fsp3) is 0.368. The number of benzene rings is 2. The van der Waals surface area contributed by atoms with E-state index in [4.69, 9.17) is 0 Å². The molecule has 0 radical (unpaired) electrons. The minimum atomic E-state index is 0.316. The van der Waals surface area contributed by atoms with Crippen LogP contribution in [0.4, 0.5) is 5.69 Å². The highest BCUT2D eigenvalue weighted by atomic mass is 14.9. The molecule has 1 unspecified atom stereocenters. The Balaban J connectivity index is 2.15. The van der Waals surface area contributed by atoms with Crippen molar-refractivity contribution in [2.45, 2.75) is 46.6 Å². The molecule has 0 heterocycles. The maximum atomic E-state index is 3.62. The van der Waals surface area contributed by atoms with Crippen LogP contribution in [0.3, 0.4) is 0 Å². The van der Waals surface area contributed by atoms with Crippen molar-refractivity contribution in [2.75, 3.05) is 5.32 Å². The molecule has 20 heavy (non-hydrogen) atoms. The highest BCUT2D eigenvalue weighted by Gasteiger charge is 2.08. The van der Waals surface area contributed by atoms with Crippen molar-refractivity contribution in [1.82, 2.24) is 0 Å². The maximum Gasteiger partial charge on any atom is 0.0485 e. The van der Waals surface area contributed by atoms with Gasteiger partial charge in [0.2, 0.25) is 0 Å². The van der Waals surface area contributed by atoms with Gasteiger partial charge in [-0.3, -0.25) is 0 Å². The van der Waals surface area contributed by atoms with Gasteiger partial charge in [-0.1, -0.05) is 50.2 Å². The van der Waals surface area contributed by atoms with Crippen molar-refractivity contribution in [2.24, 2.45) is 0 Å². The molecular weight excluding hydrogens is 242 g/mol. The van der Waals surface area contributed by atoms with E-state index >= 15 is 0 Å². The second-order valence-corrected chi connectivity index (χ2v) is 6.01. The zero-order valence-electron chi connectivity index (χ0n) is 13.2. The summed E-state index contributed by atoms with van der Waals surface area (Å²) in [6, 6.07) is 15.8. The van der Waals surface area contributed by atoms with E-state index in [1.165, 1.54) is 27.9 Å². The van der Waals surface area contributed by atoms with Crippen LogP contribution in [0.2, 0.25) is 0 Å². The molecule has 0 fully saturated rings. The molecule has 0 aliphatic rings. The molecule has 0 aliphatic carbocycles. The van der Waals surface area contributed by atoms with E-state index in [0.717, 1.165) is 0 Å². The van der Waals surface area contributed by atoms with Crippen LogP contribution < -0.4 is 5.32 Å². The molecule has 106 valence electrons. The first-order chi connectivity index (χ1) is 9.47. The average molecular weight is 267 g/mol. The van der Waals surface area contributed by atoms with Crippen LogP contribution >= 0.6 is 0 Å². The van der Waals surface area contributed by atoms with E-state index in [-0.39, 0.29) is 0 Å². The monoisotopic (exact) mass is 267 g/mol. The van der Waals surface area contributed by atoms with Gasteiger partial charge in [0.15, 0.2) is 0 Å². The molecule has 0 saturated carbocycles. The Morgan fingerprint density at radius 3 is 2.00 bits per heavy atom. The highest BCUT2D eigenvalue weighted by molar-refractivity contribution is 5.53. The van der Waals surface area contributed by atoms with Gasteiger partial charge >= 0.3 is 0 Å². The van der Waals surface area contributed by atoms with Crippen LogP contribution in [-0.2, 0) is 0 Å². The molecule has 2 aromatic carbocycles. The van der Waals surface area contributed by atoms with E-state index < -0.39 is 0 Å². The molecule has 0 aliphatic heterocycles. The van der Waals surface area contributed by atoms with Crippen molar-refractivity contribution in [1.29, 1.82) is 0 Å². The molecule has 1 heteroatoms. The molecule has 2 aromatic rings. The minimum absolute atomic E-state index is 0.316. The Morgan fingerprint density at radius 1 is 0.800 bits per heavy atom. The average Bonchev–Trinajstić information content (AvgIpc) is 2.43. The minimum Gasteiger partial charge on any atom is -0.378 e. The third-order valence-corrected chi connectivity index (χ3v) is 3.87. The number of hydrogen-bond acceptors (Lipinski definition) is 1. The van der Waals surface area contributed by atoms with Gasteiger partial charge in [0.1, 0.15) is 0 Å². The van der Waals surface area contributed by atoms with Crippen molar-refractivity contribution < 1.29 is 0 Å². The Hall–Kier alpha value is -1.76. The van der Waals surface area contributed by atoms with Gasteiger partial charge in [-0.05, 0) is 55.0 Å². The summed E-state index contributed by atoms with van der Waals surface area (Å²) in [5, 5.41) is 3.62. The van der Waals surface area contributed by atoms with Crippen molar-refractivity contribution in [3.63, 3.8) is 0 Å². The fourth-order valence-electron chi connectivity index (χ4n) is 2.38. The van der Waals surface area contributed by atoms with Crippen LogP contribution in [0.25, 0.3) is 0 Å². The van der Waals surface area contributed by atoms with Gasteiger partial charge in [-0.15, -0.1) is 0 Å². The molecule has 0 amide bonds. The molecule has 0 aromatic heterocycles. The summed E-state index contributed by atoms with van der Waals surface area (Å²) >= 11 is 0. The van der Waals surface area contributed by atoms with Crippen LogP contribution in [0, 0.1) is 13.8 Å². The van der Waals surface area contributed by atoms with Gasteiger partial charge in [0.05, 0.1) is 0 Å². The zero-order chi connectivity index (χ0) is 14.7. The second kappa shape index (κ2) is 6.13. The smallest absolute Gasteiger partial charge is 0.0485 e. The summed E-state index contributed by atoms with van der Waals surface area (Å²) in [5.74, 6) is 0.589. The predicted molar refractivity (Wildman–Crippen MR) is 88.5 cm³/mol. The van der Waals surface area contributed by atoms with Crippen LogP contribution in [-0.4, -0.2) is 0 Å². The van der Waals surface area contributed by atoms with Crippen molar-refractivity contribution >= 4 is 5.69 Å². The topological polar surface area (TPSA) is 12.0 Å². The Labute approximate surface area is 123 Å². The summed E-state index contributed by atoms with van der Waals surface area (Å²) in [6.07, 6.45) is 0. The first kappa shape index (κ1) is 14.6. The van der Waals surface area contributed by atoms with Gasteiger partial charge in [-0.25, -0.2) is 0 Å². The SMILES string of the molecule is Cc1ccc(C)c(NC(C)c2ccc(C(C)C)cc2)c1. The van der Waals surface area contributed by atoms with Crippen LogP contribution in [0.1, 0.15) is 55.0 Å². The molecule has 0 bridgehead atoms. The van der Waals surface area contributed by atoms with Gasteiger partial charge < -0.3 is 5.32 Å². The number of rotatable bonds is 4. The van der Waals surface area contributed by atoms with Crippen molar-refractivity contribution in [3.8, 4) is 0 Å². The lowest BCUT2D eigenvalue weighted by molar-refractivity contribution is 0.851. The number of anilines is 1. The molecule has 0 saturated heterocycles. The lowest BCUT2D eigenvalue weighted by Crippen LogP contribution is -2.08. The highest BCUT2D eigenvalue weighted by Crippen LogP contribution is 2.24. The Bertz CT molecular complexity index is 567. The molecule has 2 rings (SSSR count). The first-order valence-corrected chi connectivity index (χ1v) is 7.41. The van der Waals surface area contributed by atoms with Crippen LogP contribution in [0.15, 0.2) is 42.5 Å². The van der Waals surface area contributed by atoms with Crippen molar-refractivity contribution in [3.05, 3.63) is 64.7 Å². The van der Waals surface area contributed by atoms with E-state index in [2.05, 4.69) is 82.4 Å². The maximum absolute atomic E-state index is 3.62. The quantitative estimate of drug-likeness (QED) is 0.760. The summed E-state index contributed by atoms with van der Waals surface area (Å²) in [7, 11) is 0. The molecule has 1 atom stereocenters. The fourth-order valence-corrected chi connectivity index (χ4v) is 2.38. The normalized spacial score (nSPS) is 12.5. The van der Waals surface area contributed by atoms with Crippen LogP contribution in [0.5, 0.6) is 0 Å². The lowest BCUT2D eigenvalue weighted by atomic mass is 9.99. The third kappa shape index (κ3) is 3.41. The third-order valence-electron chi connectivity index (χ3n) is 3.87.